The van der Waals surface area contributed by atoms with Crippen molar-refractivity contribution >= 4 is 5.91 Å². The Kier molecular flexibility index (Phi) is 6.52. The fourth-order valence-corrected chi connectivity index (χ4v) is 2.32. The van der Waals surface area contributed by atoms with E-state index < -0.39 is 0 Å². The smallest absolute Gasteiger partial charge is 0.222 e. The first-order chi connectivity index (χ1) is 8.19. The minimum atomic E-state index is 0.246. The second-order valence-electron chi connectivity index (χ2n) is 4.91. The summed E-state index contributed by atoms with van der Waals surface area (Å²) in [6.45, 7) is 4.37. The zero-order valence-electron chi connectivity index (χ0n) is 11.2. The first kappa shape index (κ1) is 14.5. The number of carbonyl (C=O) groups is 1. The van der Waals surface area contributed by atoms with Crippen molar-refractivity contribution in [3.05, 3.63) is 0 Å². The van der Waals surface area contributed by atoms with E-state index in [4.69, 9.17) is 10.5 Å². The van der Waals surface area contributed by atoms with Gasteiger partial charge >= 0.3 is 0 Å². The highest BCUT2D eigenvalue weighted by molar-refractivity contribution is 5.76. The summed E-state index contributed by atoms with van der Waals surface area (Å²) in [5, 5.41) is 0. The van der Waals surface area contributed by atoms with E-state index in [9.17, 15) is 4.79 Å². The Morgan fingerprint density at radius 3 is 2.82 bits per heavy atom. The maximum absolute atomic E-state index is 12.0. The molecule has 0 aromatic carbocycles. The van der Waals surface area contributed by atoms with Crippen LogP contribution in [-0.2, 0) is 9.53 Å². The van der Waals surface area contributed by atoms with E-state index in [0.29, 0.717) is 18.9 Å². The molecule has 0 aromatic rings. The number of hydrogen-bond acceptors (Lipinski definition) is 3. The van der Waals surface area contributed by atoms with E-state index in [1.54, 1.807) is 0 Å². The van der Waals surface area contributed by atoms with Gasteiger partial charge in [-0.25, -0.2) is 0 Å². The number of likely N-dealkylation sites (N-methyl/N-ethyl adjacent to an activating group) is 1. The molecule has 4 nitrogen and oxygen atoms in total. The fourth-order valence-electron chi connectivity index (χ4n) is 2.32. The Balaban J connectivity index is 2.27. The zero-order valence-corrected chi connectivity index (χ0v) is 11.2. The first-order valence-electron chi connectivity index (χ1n) is 6.72. The minimum Gasteiger partial charge on any atom is -0.379 e. The molecule has 1 heterocycles. The number of rotatable bonds is 7. The van der Waals surface area contributed by atoms with Crippen LogP contribution in [-0.4, -0.2) is 43.7 Å². The summed E-state index contributed by atoms with van der Waals surface area (Å²) >= 11 is 0. The van der Waals surface area contributed by atoms with Gasteiger partial charge in [-0.15, -0.1) is 0 Å². The lowest BCUT2D eigenvalue weighted by molar-refractivity contribution is -0.132. The topological polar surface area (TPSA) is 55.6 Å². The summed E-state index contributed by atoms with van der Waals surface area (Å²) in [5.41, 5.74) is 5.56. The molecule has 2 atom stereocenters. The highest BCUT2D eigenvalue weighted by Gasteiger charge is 2.24. The van der Waals surface area contributed by atoms with Crippen LogP contribution in [0.2, 0.25) is 0 Å². The molecule has 2 unspecified atom stereocenters. The van der Waals surface area contributed by atoms with Gasteiger partial charge < -0.3 is 15.4 Å². The Hall–Kier alpha value is -0.610. The van der Waals surface area contributed by atoms with Crippen molar-refractivity contribution in [2.45, 2.75) is 45.1 Å². The lowest BCUT2D eigenvalue weighted by Gasteiger charge is -2.24. The van der Waals surface area contributed by atoms with E-state index in [2.05, 4.69) is 6.92 Å². The molecule has 1 aliphatic heterocycles. The van der Waals surface area contributed by atoms with E-state index >= 15 is 0 Å². The van der Waals surface area contributed by atoms with Crippen molar-refractivity contribution in [2.24, 2.45) is 11.7 Å². The van der Waals surface area contributed by atoms with Crippen LogP contribution in [0.15, 0.2) is 0 Å². The zero-order chi connectivity index (χ0) is 12.7. The molecule has 17 heavy (non-hydrogen) atoms. The summed E-state index contributed by atoms with van der Waals surface area (Å²) in [6, 6.07) is 0.289. The number of nitrogens with two attached hydrogens (primary N) is 1. The Morgan fingerprint density at radius 1 is 1.53 bits per heavy atom. The second-order valence-corrected chi connectivity index (χ2v) is 4.91. The Bertz CT molecular complexity index is 227. The average molecular weight is 242 g/mol. The summed E-state index contributed by atoms with van der Waals surface area (Å²) < 4.78 is 5.30. The first-order valence-corrected chi connectivity index (χ1v) is 6.72. The number of hydrogen-bond donors (Lipinski definition) is 1. The standard InChI is InChI=1S/C13H26N2O2/c1-3-11(6-8-14)4-5-13(16)15(2)12-7-9-17-10-12/h11-12H,3-10,14H2,1-2H3. The Labute approximate surface area is 104 Å². The maximum atomic E-state index is 12.0. The quantitative estimate of drug-likeness (QED) is 0.734. The van der Waals surface area contributed by atoms with Crippen molar-refractivity contribution in [2.75, 3.05) is 26.8 Å². The highest BCUT2D eigenvalue weighted by Crippen LogP contribution is 2.17. The predicted octanol–water partition coefficient (Wildman–Crippen LogP) is 1.39. The molecule has 4 heteroatoms. The molecule has 0 bridgehead atoms. The van der Waals surface area contributed by atoms with Crippen molar-refractivity contribution in [1.29, 1.82) is 0 Å². The third kappa shape index (κ3) is 4.64. The molecule has 1 rings (SSSR count). The molecule has 2 N–H and O–H groups in total. The largest absolute Gasteiger partial charge is 0.379 e. The van der Waals surface area contributed by atoms with E-state index in [1.807, 2.05) is 11.9 Å². The van der Waals surface area contributed by atoms with Gasteiger partial charge in [0.2, 0.25) is 5.91 Å². The SMILES string of the molecule is CCC(CCN)CCC(=O)N(C)C1CCOC1. The van der Waals surface area contributed by atoms with Gasteiger partial charge in [0.15, 0.2) is 0 Å². The van der Waals surface area contributed by atoms with Gasteiger partial charge in [-0.3, -0.25) is 4.79 Å². The third-order valence-corrected chi connectivity index (χ3v) is 3.77. The maximum Gasteiger partial charge on any atom is 0.222 e. The highest BCUT2D eigenvalue weighted by atomic mass is 16.5. The molecule has 0 aromatic heterocycles. The van der Waals surface area contributed by atoms with E-state index in [-0.39, 0.29) is 11.9 Å². The van der Waals surface area contributed by atoms with Crippen LogP contribution < -0.4 is 5.73 Å². The average Bonchev–Trinajstić information content (AvgIpc) is 2.86. The molecule has 0 aliphatic carbocycles. The molecule has 1 fully saturated rings. The normalized spacial score (nSPS) is 21.5. The van der Waals surface area contributed by atoms with Crippen LogP contribution in [0.1, 0.15) is 39.0 Å². The van der Waals surface area contributed by atoms with Crippen molar-refractivity contribution in [1.82, 2.24) is 4.90 Å². The lowest BCUT2D eigenvalue weighted by atomic mass is 9.96. The second kappa shape index (κ2) is 7.67. The summed E-state index contributed by atoms with van der Waals surface area (Å²) in [5.74, 6) is 0.841. The van der Waals surface area contributed by atoms with Crippen molar-refractivity contribution < 1.29 is 9.53 Å². The van der Waals surface area contributed by atoms with Gasteiger partial charge in [0.1, 0.15) is 0 Å². The van der Waals surface area contributed by atoms with Gasteiger partial charge in [0.05, 0.1) is 12.6 Å². The van der Waals surface area contributed by atoms with E-state index in [1.165, 1.54) is 0 Å². The molecule has 0 saturated carbocycles. The van der Waals surface area contributed by atoms with Crippen LogP contribution in [0.25, 0.3) is 0 Å². The van der Waals surface area contributed by atoms with Crippen LogP contribution in [0.3, 0.4) is 0 Å². The number of nitrogens with zero attached hydrogens (tertiary/aromatic N) is 1. The Morgan fingerprint density at radius 2 is 2.29 bits per heavy atom. The fraction of sp³-hybridized carbons (Fsp3) is 0.923. The van der Waals surface area contributed by atoms with E-state index in [0.717, 1.165) is 38.8 Å². The van der Waals surface area contributed by atoms with Gasteiger partial charge in [0.25, 0.3) is 0 Å². The number of amides is 1. The summed E-state index contributed by atoms with van der Waals surface area (Å²) in [7, 11) is 1.89. The molecule has 1 aliphatic rings. The minimum absolute atomic E-state index is 0.246. The molecule has 1 saturated heterocycles. The molecular formula is C13H26N2O2. The number of ether oxygens (including phenoxy) is 1. The van der Waals surface area contributed by atoms with Crippen LogP contribution in [0, 0.1) is 5.92 Å². The van der Waals surface area contributed by atoms with Gasteiger partial charge in [-0.2, -0.15) is 0 Å². The summed E-state index contributed by atoms with van der Waals surface area (Å²) in [4.78, 5) is 13.9. The third-order valence-electron chi connectivity index (χ3n) is 3.77. The number of carbonyl (C=O) groups excluding carboxylic acids is 1. The van der Waals surface area contributed by atoms with Crippen LogP contribution in [0.4, 0.5) is 0 Å². The van der Waals surface area contributed by atoms with Gasteiger partial charge in [0, 0.05) is 20.1 Å². The molecular weight excluding hydrogens is 216 g/mol. The molecule has 1 amide bonds. The molecule has 100 valence electrons. The van der Waals surface area contributed by atoms with Crippen molar-refractivity contribution in [3.8, 4) is 0 Å². The monoisotopic (exact) mass is 242 g/mol. The van der Waals surface area contributed by atoms with Gasteiger partial charge in [-0.1, -0.05) is 13.3 Å². The van der Waals surface area contributed by atoms with Crippen molar-refractivity contribution in [3.63, 3.8) is 0 Å². The molecule has 0 spiro atoms. The predicted molar refractivity (Wildman–Crippen MR) is 68.7 cm³/mol. The summed E-state index contributed by atoms with van der Waals surface area (Å²) in [6.07, 6.45) is 4.72. The lowest BCUT2D eigenvalue weighted by Crippen LogP contribution is -2.37. The van der Waals surface area contributed by atoms with Crippen LogP contribution >= 0.6 is 0 Å². The van der Waals surface area contributed by atoms with Crippen LogP contribution in [0.5, 0.6) is 0 Å². The van der Waals surface area contributed by atoms with Gasteiger partial charge in [-0.05, 0) is 31.7 Å². The molecule has 0 radical (unpaired) electrons.